The number of aliphatic hydroxyl groups is 1. The number of hydrogen-bond acceptors (Lipinski definition) is 3. The summed E-state index contributed by atoms with van der Waals surface area (Å²) >= 11 is 1.74. The molecular formula is C10H15NOS. The van der Waals surface area contributed by atoms with Gasteiger partial charge < -0.3 is 10.8 Å². The van der Waals surface area contributed by atoms with Crippen LogP contribution in [0, 0.1) is 0 Å². The van der Waals surface area contributed by atoms with Crippen LogP contribution in [0.2, 0.25) is 0 Å². The van der Waals surface area contributed by atoms with E-state index in [1.807, 2.05) is 24.3 Å². The Morgan fingerprint density at radius 3 is 2.54 bits per heavy atom. The van der Waals surface area contributed by atoms with Crippen LogP contribution in [0.4, 0.5) is 5.69 Å². The minimum absolute atomic E-state index is 0.240. The SMILES string of the molecule is CC(SCCO)c1ccc(N)cc1. The van der Waals surface area contributed by atoms with E-state index in [4.69, 9.17) is 10.8 Å². The van der Waals surface area contributed by atoms with E-state index >= 15 is 0 Å². The van der Waals surface area contributed by atoms with E-state index in [1.165, 1.54) is 5.56 Å². The molecule has 3 N–H and O–H groups in total. The summed E-state index contributed by atoms with van der Waals surface area (Å²) < 4.78 is 0. The van der Waals surface area contributed by atoms with Crippen molar-refractivity contribution in [1.29, 1.82) is 0 Å². The van der Waals surface area contributed by atoms with Crippen LogP contribution in [0.15, 0.2) is 24.3 Å². The van der Waals surface area contributed by atoms with Crippen LogP contribution < -0.4 is 5.73 Å². The zero-order valence-electron chi connectivity index (χ0n) is 7.73. The van der Waals surface area contributed by atoms with E-state index < -0.39 is 0 Å². The van der Waals surface area contributed by atoms with Gasteiger partial charge in [-0.1, -0.05) is 12.1 Å². The summed E-state index contributed by atoms with van der Waals surface area (Å²) in [5.41, 5.74) is 7.63. The lowest BCUT2D eigenvalue weighted by Crippen LogP contribution is -1.93. The molecule has 0 aromatic heterocycles. The van der Waals surface area contributed by atoms with Gasteiger partial charge in [0.05, 0.1) is 6.61 Å². The summed E-state index contributed by atoms with van der Waals surface area (Å²) in [6.45, 7) is 2.37. The molecule has 0 heterocycles. The van der Waals surface area contributed by atoms with E-state index in [0.29, 0.717) is 5.25 Å². The summed E-state index contributed by atoms with van der Waals surface area (Å²) in [5, 5.41) is 9.09. The van der Waals surface area contributed by atoms with Crippen molar-refractivity contribution in [1.82, 2.24) is 0 Å². The van der Waals surface area contributed by atoms with Crippen LogP contribution in [0.25, 0.3) is 0 Å². The molecule has 0 fully saturated rings. The fourth-order valence-electron chi connectivity index (χ4n) is 1.09. The fourth-order valence-corrected chi connectivity index (χ4v) is 1.90. The van der Waals surface area contributed by atoms with Crippen molar-refractivity contribution in [2.45, 2.75) is 12.2 Å². The highest BCUT2D eigenvalue weighted by atomic mass is 32.2. The molecule has 1 atom stereocenters. The molecule has 0 radical (unpaired) electrons. The first-order chi connectivity index (χ1) is 6.24. The van der Waals surface area contributed by atoms with Gasteiger partial charge in [0.15, 0.2) is 0 Å². The molecule has 0 aliphatic heterocycles. The van der Waals surface area contributed by atoms with Crippen molar-refractivity contribution in [3.63, 3.8) is 0 Å². The largest absolute Gasteiger partial charge is 0.399 e. The Hall–Kier alpha value is -0.670. The first-order valence-electron chi connectivity index (χ1n) is 4.32. The maximum Gasteiger partial charge on any atom is 0.0521 e. The van der Waals surface area contributed by atoms with Gasteiger partial charge in [0.2, 0.25) is 0 Å². The van der Waals surface area contributed by atoms with Gasteiger partial charge in [-0.15, -0.1) is 0 Å². The van der Waals surface area contributed by atoms with Gasteiger partial charge in [-0.2, -0.15) is 11.8 Å². The van der Waals surface area contributed by atoms with Gasteiger partial charge in [0.1, 0.15) is 0 Å². The maximum absolute atomic E-state index is 8.67. The Morgan fingerprint density at radius 2 is 2.00 bits per heavy atom. The van der Waals surface area contributed by atoms with Crippen molar-refractivity contribution in [2.24, 2.45) is 0 Å². The molecule has 1 rings (SSSR count). The molecule has 0 saturated carbocycles. The first kappa shape index (κ1) is 10.4. The lowest BCUT2D eigenvalue weighted by atomic mass is 10.1. The molecule has 1 unspecified atom stereocenters. The van der Waals surface area contributed by atoms with Crippen molar-refractivity contribution >= 4 is 17.4 Å². The van der Waals surface area contributed by atoms with Crippen LogP contribution in [0.1, 0.15) is 17.7 Å². The smallest absolute Gasteiger partial charge is 0.0521 e. The topological polar surface area (TPSA) is 46.2 Å². The molecule has 72 valence electrons. The van der Waals surface area contributed by atoms with E-state index in [-0.39, 0.29) is 6.61 Å². The predicted molar refractivity (Wildman–Crippen MR) is 58.8 cm³/mol. The second kappa shape index (κ2) is 5.14. The zero-order valence-corrected chi connectivity index (χ0v) is 8.55. The number of hydrogen-bond donors (Lipinski definition) is 2. The van der Waals surface area contributed by atoms with Crippen molar-refractivity contribution < 1.29 is 5.11 Å². The Bertz CT molecular complexity index is 248. The van der Waals surface area contributed by atoms with Crippen LogP contribution in [-0.2, 0) is 0 Å². The van der Waals surface area contributed by atoms with E-state index in [1.54, 1.807) is 11.8 Å². The highest BCUT2D eigenvalue weighted by Gasteiger charge is 2.04. The molecule has 1 aromatic carbocycles. The van der Waals surface area contributed by atoms with E-state index in [9.17, 15) is 0 Å². The Kier molecular flexibility index (Phi) is 4.12. The Labute approximate surface area is 83.1 Å². The van der Waals surface area contributed by atoms with Crippen molar-refractivity contribution in [3.05, 3.63) is 29.8 Å². The highest BCUT2D eigenvalue weighted by molar-refractivity contribution is 7.99. The monoisotopic (exact) mass is 197 g/mol. The van der Waals surface area contributed by atoms with Crippen LogP contribution in [0.3, 0.4) is 0 Å². The maximum atomic E-state index is 8.67. The number of benzene rings is 1. The van der Waals surface area contributed by atoms with Gasteiger partial charge in [0, 0.05) is 16.7 Å². The lowest BCUT2D eigenvalue weighted by Gasteiger charge is -2.10. The van der Waals surface area contributed by atoms with Crippen LogP contribution in [0.5, 0.6) is 0 Å². The number of nitrogens with two attached hydrogens (primary N) is 1. The minimum atomic E-state index is 0.240. The first-order valence-corrected chi connectivity index (χ1v) is 5.37. The number of nitrogen functional groups attached to an aromatic ring is 1. The number of thioether (sulfide) groups is 1. The molecule has 0 aliphatic carbocycles. The third-order valence-corrected chi connectivity index (χ3v) is 3.06. The third kappa shape index (κ3) is 3.28. The standard InChI is InChI=1S/C10H15NOS/c1-8(13-7-6-12)9-2-4-10(11)5-3-9/h2-5,8,12H,6-7,11H2,1H3. The van der Waals surface area contributed by atoms with Gasteiger partial charge in [0.25, 0.3) is 0 Å². The molecule has 3 heteroatoms. The number of rotatable bonds is 4. The average molecular weight is 197 g/mol. The molecular weight excluding hydrogens is 182 g/mol. The zero-order chi connectivity index (χ0) is 9.68. The molecule has 0 bridgehead atoms. The summed E-state index contributed by atoms with van der Waals surface area (Å²) in [5.74, 6) is 0.783. The number of aliphatic hydroxyl groups excluding tert-OH is 1. The average Bonchev–Trinajstić information content (AvgIpc) is 2.15. The molecule has 0 aliphatic rings. The lowest BCUT2D eigenvalue weighted by molar-refractivity contribution is 0.322. The van der Waals surface area contributed by atoms with Gasteiger partial charge in [-0.3, -0.25) is 0 Å². The summed E-state index contributed by atoms with van der Waals surface area (Å²) in [6, 6.07) is 7.88. The van der Waals surface area contributed by atoms with Crippen molar-refractivity contribution in [2.75, 3.05) is 18.1 Å². The van der Waals surface area contributed by atoms with Gasteiger partial charge >= 0.3 is 0 Å². The molecule has 0 spiro atoms. The number of anilines is 1. The minimum Gasteiger partial charge on any atom is -0.399 e. The van der Waals surface area contributed by atoms with Gasteiger partial charge in [-0.05, 0) is 24.6 Å². The summed E-state index contributed by atoms with van der Waals surface area (Å²) in [4.78, 5) is 0. The van der Waals surface area contributed by atoms with Crippen molar-refractivity contribution in [3.8, 4) is 0 Å². The molecule has 1 aromatic rings. The van der Waals surface area contributed by atoms with E-state index in [2.05, 4.69) is 6.92 Å². The highest BCUT2D eigenvalue weighted by Crippen LogP contribution is 2.27. The molecule has 13 heavy (non-hydrogen) atoms. The van der Waals surface area contributed by atoms with Gasteiger partial charge in [-0.25, -0.2) is 0 Å². The Morgan fingerprint density at radius 1 is 1.38 bits per heavy atom. The van der Waals surface area contributed by atoms with E-state index in [0.717, 1.165) is 11.4 Å². The quantitative estimate of drug-likeness (QED) is 0.726. The third-order valence-electron chi connectivity index (χ3n) is 1.87. The molecule has 2 nitrogen and oxygen atoms in total. The van der Waals surface area contributed by atoms with Crippen LogP contribution in [-0.4, -0.2) is 17.5 Å². The molecule has 0 saturated heterocycles. The second-order valence-corrected chi connectivity index (χ2v) is 4.35. The second-order valence-electron chi connectivity index (χ2n) is 2.90. The summed E-state index contributed by atoms with van der Waals surface area (Å²) in [7, 11) is 0. The summed E-state index contributed by atoms with van der Waals surface area (Å²) in [6.07, 6.45) is 0. The molecule has 0 amide bonds. The fraction of sp³-hybridized carbons (Fsp3) is 0.400. The Balaban J connectivity index is 2.55. The van der Waals surface area contributed by atoms with Crippen LogP contribution >= 0.6 is 11.8 Å². The normalized spacial score (nSPS) is 12.8. The predicted octanol–water partition coefficient (Wildman–Crippen LogP) is 2.06.